The number of nitrogens with one attached hydrogen (secondary N) is 1. The molecule has 5 heteroatoms. The smallest absolute Gasteiger partial charge is 0.251 e. The number of carbonyl (C=O) groups is 1. The van der Waals surface area contributed by atoms with Crippen LogP contribution in [0, 0.1) is 3.57 Å². The Morgan fingerprint density at radius 1 is 1.44 bits per heavy atom. The summed E-state index contributed by atoms with van der Waals surface area (Å²) >= 11 is 3.62. The summed E-state index contributed by atoms with van der Waals surface area (Å²) < 4.78 is 0.732. The number of halogens is 1. The molecule has 1 atom stereocenters. The third-order valence-corrected chi connectivity index (χ3v) is 4.21. The van der Waals surface area contributed by atoms with Gasteiger partial charge in [-0.05, 0) is 70.1 Å². The summed E-state index contributed by atoms with van der Waals surface area (Å²) in [5, 5.41) is 16.5. The van der Waals surface area contributed by atoms with Crippen molar-refractivity contribution in [1.82, 2.24) is 5.32 Å². The molecule has 1 unspecified atom stereocenters. The molecule has 0 aliphatic heterocycles. The first-order chi connectivity index (χ1) is 8.58. The number of phenols is 1. The van der Waals surface area contributed by atoms with Gasteiger partial charge < -0.3 is 10.4 Å². The topological polar surface area (TPSA) is 49.3 Å². The van der Waals surface area contributed by atoms with Crippen LogP contribution in [0.4, 0.5) is 0 Å². The van der Waals surface area contributed by atoms with E-state index in [-0.39, 0.29) is 17.7 Å². The summed E-state index contributed by atoms with van der Waals surface area (Å²) in [5.41, 5.74) is 1.55. The summed E-state index contributed by atoms with van der Waals surface area (Å²) in [6, 6.07) is 6.86. The van der Waals surface area contributed by atoms with Crippen molar-refractivity contribution in [1.29, 1.82) is 0 Å². The number of amides is 1. The predicted molar refractivity (Wildman–Crippen MR) is 81.0 cm³/mol. The van der Waals surface area contributed by atoms with E-state index in [1.807, 2.05) is 46.3 Å². The molecule has 1 heterocycles. The van der Waals surface area contributed by atoms with Gasteiger partial charge in [0.25, 0.3) is 5.91 Å². The average molecular weight is 373 g/mol. The van der Waals surface area contributed by atoms with Gasteiger partial charge in [-0.15, -0.1) is 0 Å². The molecule has 0 radical (unpaired) electrons. The Balaban J connectivity index is 2.10. The van der Waals surface area contributed by atoms with Gasteiger partial charge in [0.1, 0.15) is 5.75 Å². The van der Waals surface area contributed by atoms with Crippen LogP contribution < -0.4 is 5.32 Å². The molecule has 1 aromatic heterocycles. The highest BCUT2D eigenvalue weighted by atomic mass is 127. The third kappa shape index (κ3) is 3.02. The summed E-state index contributed by atoms with van der Waals surface area (Å²) in [7, 11) is 0. The fraction of sp³-hybridized carbons (Fsp3) is 0.154. The number of aromatic hydroxyl groups is 1. The molecule has 1 aromatic carbocycles. The van der Waals surface area contributed by atoms with E-state index in [2.05, 4.69) is 5.32 Å². The minimum Gasteiger partial charge on any atom is -0.507 e. The first-order valence-corrected chi connectivity index (χ1v) is 7.41. The van der Waals surface area contributed by atoms with Gasteiger partial charge >= 0.3 is 0 Å². The van der Waals surface area contributed by atoms with E-state index < -0.39 is 0 Å². The maximum atomic E-state index is 12.0. The van der Waals surface area contributed by atoms with Crippen LogP contribution >= 0.6 is 33.9 Å². The molecule has 3 nitrogen and oxygen atoms in total. The van der Waals surface area contributed by atoms with Crippen LogP contribution in [0.3, 0.4) is 0 Å². The van der Waals surface area contributed by atoms with Crippen LogP contribution in [0.25, 0.3) is 0 Å². The van der Waals surface area contributed by atoms with Crippen LogP contribution in [0.2, 0.25) is 0 Å². The van der Waals surface area contributed by atoms with Crippen molar-refractivity contribution >= 4 is 39.8 Å². The van der Waals surface area contributed by atoms with Gasteiger partial charge in [-0.1, -0.05) is 0 Å². The Morgan fingerprint density at radius 3 is 2.83 bits per heavy atom. The van der Waals surface area contributed by atoms with Crippen LogP contribution in [0.15, 0.2) is 35.0 Å². The van der Waals surface area contributed by atoms with E-state index in [4.69, 9.17) is 0 Å². The van der Waals surface area contributed by atoms with Crippen LogP contribution in [0.1, 0.15) is 28.9 Å². The van der Waals surface area contributed by atoms with Crippen molar-refractivity contribution in [2.75, 3.05) is 0 Å². The Bertz CT molecular complexity index is 554. The van der Waals surface area contributed by atoms with Crippen molar-refractivity contribution in [2.45, 2.75) is 13.0 Å². The first-order valence-electron chi connectivity index (χ1n) is 5.39. The number of thiophene rings is 1. The lowest BCUT2D eigenvalue weighted by Crippen LogP contribution is -2.26. The molecule has 0 aliphatic rings. The highest BCUT2D eigenvalue weighted by molar-refractivity contribution is 14.1. The first kappa shape index (κ1) is 13.4. The minimum atomic E-state index is -0.180. The number of carbonyl (C=O) groups excluding carboxylic acids is 1. The van der Waals surface area contributed by atoms with Crippen molar-refractivity contribution in [3.05, 3.63) is 49.7 Å². The van der Waals surface area contributed by atoms with Crippen LogP contribution in [0.5, 0.6) is 5.75 Å². The second kappa shape index (κ2) is 5.71. The number of benzene rings is 1. The molecular weight excluding hydrogens is 361 g/mol. The SMILES string of the molecule is CC(NC(=O)c1ccc(I)c(O)c1)c1ccsc1. The molecule has 18 heavy (non-hydrogen) atoms. The lowest BCUT2D eigenvalue weighted by molar-refractivity contribution is 0.0939. The van der Waals surface area contributed by atoms with E-state index in [1.165, 1.54) is 6.07 Å². The highest BCUT2D eigenvalue weighted by Gasteiger charge is 2.12. The lowest BCUT2D eigenvalue weighted by atomic mass is 10.1. The van der Waals surface area contributed by atoms with Gasteiger partial charge in [-0.2, -0.15) is 11.3 Å². The molecule has 0 saturated carbocycles. The minimum absolute atomic E-state index is 0.0369. The monoisotopic (exact) mass is 373 g/mol. The molecular formula is C13H12INO2S. The fourth-order valence-corrected chi connectivity index (χ4v) is 2.63. The number of phenolic OH excluding ortho intramolecular Hbond substituents is 1. The zero-order valence-corrected chi connectivity index (χ0v) is 12.7. The molecule has 0 fully saturated rings. The van der Waals surface area contributed by atoms with Gasteiger partial charge in [0.2, 0.25) is 0 Å². The van der Waals surface area contributed by atoms with E-state index in [0.29, 0.717) is 5.56 Å². The van der Waals surface area contributed by atoms with Crippen molar-refractivity contribution in [3.63, 3.8) is 0 Å². The number of rotatable bonds is 3. The zero-order valence-electron chi connectivity index (χ0n) is 9.68. The van der Waals surface area contributed by atoms with Gasteiger partial charge in [0.15, 0.2) is 0 Å². The molecule has 0 spiro atoms. The fourth-order valence-electron chi connectivity index (χ4n) is 1.54. The molecule has 0 saturated heterocycles. The molecule has 94 valence electrons. The predicted octanol–water partition coefficient (Wildman–Crippen LogP) is 3.55. The van der Waals surface area contributed by atoms with Gasteiger partial charge in [0.05, 0.1) is 9.61 Å². The van der Waals surface area contributed by atoms with E-state index >= 15 is 0 Å². The zero-order chi connectivity index (χ0) is 13.1. The van der Waals surface area contributed by atoms with Gasteiger partial charge in [-0.3, -0.25) is 4.79 Å². The molecule has 2 N–H and O–H groups in total. The molecule has 2 rings (SSSR count). The number of hydrogen-bond acceptors (Lipinski definition) is 3. The van der Waals surface area contributed by atoms with Crippen LogP contribution in [-0.4, -0.2) is 11.0 Å². The average Bonchev–Trinajstić information content (AvgIpc) is 2.86. The maximum Gasteiger partial charge on any atom is 0.251 e. The summed E-state index contributed by atoms with van der Waals surface area (Å²) in [6.07, 6.45) is 0. The Morgan fingerprint density at radius 2 is 2.22 bits per heavy atom. The van der Waals surface area contributed by atoms with Gasteiger partial charge in [-0.25, -0.2) is 0 Å². The third-order valence-electron chi connectivity index (χ3n) is 2.60. The van der Waals surface area contributed by atoms with Crippen molar-refractivity contribution < 1.29 is 9.90 Å². The number of hydrogen-bond donors (Lipinski definition) is 2. The van der Waals surface area contributed by atoms with E-state index in [9.17, 15) is 9.90 Å². The molecule has 0 aliphatic carbocycles. The highest BCUT2D eigenvalue weighted by Crippen LogP contribution is 2.21. The largest absolute Gasteiger partial charge is 0.507 e. The van der Waals surface area contributed by atoms with Crippen molar-refractivity contribution in [3.8, 4) is 5.75 Å². The molecule has 2 aromatic rings. The summed E-state index contributed by atoms with van der Waals surface area (Å²) in [4.78, 5) is 12.0. The molecule has 1 amide bonds. The van der Waals surface area contributed by atoms with Crippen LogP contribution in [-0.2, 0) is 0 Å². The van der Waals surface area contributed by atoms with E-state index in [1.54, 1.807) is 23.5 Å². The van der Waals surface area contributed by atoms with E-state index in [0.717, 1.165) is 9.13 Å². The Labute approximate surface area is 123 Å². The normalized spacial score (nSPS) is 12.1. The second-order valence-corrected chi connectivity index (χ2v) is 5.86. The molecule has 0 bridgehead atoms. The standard InChI is InChI=1S/C13H12INO2S/c1-8(10-4-5-18-7-10)15-13(17)9-2-3-11(14)12(16)6-9/h2-8,16H,1H3,(H,15,17). The Kier molecular flexibility index (Phi) is 4.23. The Hall–Kier alpha value is -1.08. The summed E-state index contributed by atoms with van der Waals surface area (Å²) in [6.45, 7) is 1.94. The van der Waals surface area contributed by atoms with Crippen molar-refractivity contribution in [2.24, 2.45) is 0 Å². The second-order valence-electron chi connectivity index (χ2n) is 3.92. The lowest BCUT2D eigenvalue weighted by Gasteiger charge is -2.12. The quantitative estimate of drug-likeness (QED) is 0.809. The maximum absolute atomic E-state index is 12.0. The van der Waals surface area contributed by atoms with Gasteiger partial charge in [0, 0.05) is 5.56 Å². The summed E-state index contributed by atoms with van der Waals surface area (Å²) in [5.74, 6) is -0.0492.